The van der Waals surface area contributed by atoms with Crippen molar-refractivity contribution in [1.29, 1.82) is 0 Å². The quantitative estimate of drug-likeness (QED) is 0.821. The summed E-state index contributed by atoms with van der Waals surface area (Å²) in [5.41, 5.74) is 7.32. The van der Waals surface area contributed by atoms with Crippen LogP contribution in [0, 0.1) is 0 Å². The molecule has 0 spiro atoms. The SMILES string of the molecule is CCOc1ccc(C(N)C2COCCN2)cc1. The van der Waals surface area contributed by atoms with Crippen LogP contribution in [-0.2, 0) is 4.74 Å². The Morgan fingerprint density at radius 3 is 2.82 bits per heavy atom. The van der Waals surface area contributed by atoms with E-state index in [9.17, 15) is 0 Å². The van der Waals surface area contributed by atoms with Crippen LogP contribution in [0.25, 0.3) is 0 Å². The van der Waals surface area contributed by atoms with Crippen LogP contribution < -0.4 is 15.8 Å². The van der Waals surface area contributed by atoms with Crippen molar-refractivity contribution in [3.05, 3.63) is 29.8 Å². The second-order valence-electron chi connectivity index (χ2n) is 4.16. The molecule has 1 saturated heterocycles. The van der Waals surface area contributed by atoms with E-state index in [1.807, 2.05) is 31.2 Å². The molecule has 0 bridgehead atoms. The molecule has 94 valence electrons. The molecular formula is C13H20N2O2. The standard InChI is InChI=1S/C13H20N2O2/c1-2-17-11-5-3-10(4-6-11)13(14)12-9-16-8-7-15-12/h3-6,12-13,15H,2,7-9,14H2,1H3. The molecule has 3 N–H and O–H groups in total. The van der Waals surface area contributed by atoms with E-state index >= 15 is 0 Å². The van der Waals surface area contributed by atoms with E-state index in [-0.39, 0.29) is 12.1 Å². The maximum Gasteiger partial charge on any atom is 0.119 e. The highest BCUT2D eigenvalue weighted by Crippen LogP contribution is 2.19. The van der Waals surface area contributed by atoms with Gasteiger partial charge in [-0.25, -0.2) is 0 Å². The summed E-state index contributed by atoms with van der Waals surface area (Å²) >= 11 is 0. The highest BCUT2D eigenvalue weighted by atomic mass is 16.5. The van der Waals surface area contributed by atoms with Crippen molar-refractivity contribution in [3.8, 4) is 5.75 Å². The van der Waals surface area contributed by atoms with Gasteiger partial charge in [-0.1, -0.05) is 12.1 Å². The number of benzene rings is 1. The van der Waals surface area contributed by atoms with Crippen molar-refractivity contribution in [2.75, 3.05) is 26.4 Å². The van der Waals surface area contributed by atoms with Gasteiger partial charge in [-0.2, -0.15) is 0 Å². The Morgan fingerprint density at radius 2 is 2.24 bits per heavy atom. The molecule has 1 aliphatic rings. The smallest absolute Gasteiger partial charge is 0.119 e. The molecule has 2 unspecified atom stereocenters. The molecule has 0 aliphatic carbocycles. The second kappa shape index (κ2) is 6.00. The number of ether oxygens (including phenoxy) is 2. The number of rotatable bonds is 4. The fraction of sp³-hybridized carbons (Fsp3) is 0.538. The second-order valence-corrected chi connectivity index (χ2v) is 4.16. The maximum atomic E-state index is 6.21. The zero-order chi connectivity index (χ0) is 12.1. The Balaban J connectivity index is 2.00. The molecule has 1 aliphatic heterocycles. The molecule has 1 aromatic carbocycles. The van der Waals surface area contributed by atoms with Crippen LogP contribution in [0.1, 0.15) is 18.5 Å². The van der Waals surface area contributed by atoms with Crippen molar-refractivity contribution >= 4 is 0 Å². The third-order valence-electron chi connectivity index (χ3n) is 2.96. The topological polar surface area (TPSA) is 56.5 Å². The van der Waals surface area contributed by atoms with E-state index in [4.69, 9.17) is 15.2 Å². The zero-order valence-corrected chi connectivity index (χ0v) is 10.2. The molecule has 1 heterocycles. The van der Waals surface area contributed by atoms with E-state index in [0.29, 0.717) is 13.2 Å². The van der Waals surface area contributed by atoms with Crippen LogP contribution >= 0.6 is 0 Å². The third kappa shape index (κ3) is 3.19. The van der Waals surface area contributed by atoms with Gasteiger partial charge in [0.1, 0.15) is 5.75 Å². The van der Waals surface area contributed by atoms with Gasteiger partial charge in [-0.05, 0) is 24.6 Å². The predicted octanol–water partition coefficient (Wildman–Crippen LogP) is 1.07. The lowest BCUT2D eigenvalue weighted by Crippen LogP contribution is -2.47. The molecule has 0 radical (unpaired) electrons. The lowest BCUT2D eigenvalue weighted by molar-refractivity contribution is 0.0685. The monoisotopic (exact) mass is 236 g/mol. The molecule has 17 heavy (non-hydrogen) atoms. The van der Waals surface area contributed by atoms with E-state index in [1.165, 1.54) is 0 Å². The van der Waals surface area contributed by atoms with Gasteiger partial charge in [-0.3, -0.25) is 0 Å². The summed E-state index contributed by atoms with van der Waals surface area (Å²) in [6, 6.07) is 8.12. The van der Waals surface area contributed by atoms with E-state index in [2.05, 4.69) is 5.32 Å². The fourth-order valence-electron chi connectivity index (χ4n) is 2.00. The first-order chi connectivity index (χ1) is 8.31. The highest BCUT2D eigenvalue weighted by molar-refractivity contribution is 5.29. The maximum absolute atomic E-state index is 6.21. The first-order valence-corrected chi connectivity index (χ1v) is 6.10. The predicted molar refractivity (Wildman–Crippen MR) is 67.1 cm³/mol. The molecule has 4 heteroatoms. The Hall–Kier alpha value is -1.10. The lowest BCUT2D eigenvalue weighted by atomic mass is 10.00. The van der Waals surface area contributed by atoms with E-state index in [1.54, 1.807) is 0 Å². The summed E-state index contributed by atoms with van der Waals surface area (Å²) in [5, 5.41) is 3.38. The van der Waals surface area contributed by atoms with Gasteiger partial charge in [0, 0.05) is 18.6 Å². The van der Waals surface area contributed by atoms with Crippen molar-refractivity contribution in [2.45, 2.75) is 19.0 Å². The van der Waals surface area contributed by atoms with Crippen molar-refractivity contribution in [2.24, 2.45) is 5.73 Å². The van der Waals surface area contributed by atoms with Crippen LogP contribution in [0.5, 0.6) is 5.75 Å². The van der Waals surface area contributed by atoms with E-state index in [0.717, 1.165) is 24.5 Å². The first-order valence-electron chi connectivity index (χ1n) is 6.10. The Kier molecular flexibility index (Phi) is 4.36. The zero-order valence-electron chi connectivity index (χ0n) is 10.2. The number of nitrogens with one attached hydrogen (secondary N) is 1. The van der Waals surface area contributed by atoms with Gasteiger partial charge in [-0.15, -0.1) is 0 Å². The fourth-order valence-corrected chi connectivity index (χ4v) is 2.00. The third-order valence-corrected chi connectivity index (χ3v) is 2.96. The molecule has 0 aromatic heterocycles. The molecule has 0 saturated carbocycles. The molecule has 2 atom stereocenters. The minimum atomic E-state index is -0.0361. The normalized spacial score (nSPS) is 22.1. The molecular weight excluding hydrogens is 216 g/mol. The number of hydrogen-bond donors (Lipinski definition) is 2. The van der Waals surface area contributed by atoms with Gasteiger partial charge >= 0.3 is 0 Å². The molecule has 1 aromatic rings. The van der Waals surface area contributed by atoms with Crippen LogP contribution in [0.2, 0.25) is 0 Å². The summed E-state index contributed by atoms with van der Waals surface area (Å²) in [7, 11) is 0. The minimum Gasteiger partial charge on any atom is -0.494 e. The Labute approximate surface area is 102 Å². The van der Waals surface area contributed by atoms with E-state index < -0.39 is 0 Å². The van der Waals surface area contributed by atoms with Gasteiger partial charge in [0.25, 0.3) is 0 Å². The van der Waals surface area contributed by atoms with Crippen LogP contribution in [0.3, 0.4) is 0 Å². The van der Waals surface area contributed by atoms with Gasteiger partial charge in [0.05, 0.1) is 19.8 Å². The highest BCUT2D eigenvalue weighted by Gasteiger charge is 2.21. The van der Waals surface area contributed by atoms with Gasteiger partial charge < -0.3 is 20.5 Å². The van der Waals surface area contributed by atoms with Crippen LogP contribution in [-0.4, -0.2) is 32.4 Å². The summed E-state index contributed by atoms with van der Waals surface area (Å²) in [5.74, 6) is 0.885. The Morgan fingerprint density at radius 1 is 1.47 bits per heavy atom. The van der Waals surface area contributed by atoms with Gasteiger partial charge in [0.15, 0.2) is 0 Å². The van der Waals surface area contributed by atoms with Crippen molar-refractivity contribution in [3.63, 3.8) is 0 Å². The van der Waals surface area contributed by atoms with Gasteiger partial charge in [0.2, 0.25) is 0 Å². The number of morpholine rings is 1. The number of nitrogens with two attached hydrogens (primary N) is 1. The van der Waals surface area contributed by atoms with Crippen molar-refractivity contribution < 1.29 is 9.47 Å². The summed E-state index contributed by atoms with van der Waals surface area (Å²) in [4.78, 5) is 0. The molecule has 1 fully saturated rings. The average molecular weight is 236 g/mol. The number of hydrogen-bond acceptors (Lipinski definition) is 4. The summed E-state index contributed by atoms with van der Waals surface area (Å²) in [6.07, 6.45) is 0. The largest absolute Gasteiger partial charge is 0.494 e. The van der Waals surface area contributed by atoms with Crippen LogP contribution in [0.4, 0.5) is 0 Å². The minimum absolute atomic E-state index is 0.0361. The lowest BCUT2D eigenvalue weighted by Gasteiger charge is -2.29. The first kappa shape index (κ1) is 12.4. The summed E-state index contributed by atoms with van der Waals surface area (Å²) in [6.45, 7) is 4.97. The molecule has 0 amide bonds. The molecule has 4 nitrogen and oxygen atoms in total. The Bertz CT molecular complexity index is 334. The summed E-state index contributed by atoms with van der Waals surface area (Å²) < 4.78 is 10.8. The van der Waals surface area contributed by atoms with Crippen LogP contribution in [0.15, 0.2) is 24.3 Å². The van der Waals surface area contributed by atoms with Crippen molar-refractivity contribution in [1.82, 2.24) is 5.32 Å². The molecule has 2 rings (SSSR count). The average Bonchev–Trinajstić information content (AvgIpc) is 2.40.